The highest BCUT2D eigenvalue weighted by molar-refractivity contribution is 6.06. The highest BCUT2D eigenvalue weighted by atomic mass is 16.4. The Kier molecular flexibility index (Phi) is 5.47. The average Bonchev–Trinajstić information content (AvgIpc) is 2.68. The van der Waals surface area contributed by atoms with E-state index in [2.05, 4.69) is 36.5 Å². The van der Waals surface area contributed by atoms with Crippen molar-refractivity contribution in [3.05, 3.63) is 95.6 Å². The summed E-state index contributed by atoms with van der Waals surface area (Å²) in [6.45, 7) is 2.05. The fourth-order valence-corrected chi connectivity index (χ4v) is 2.66. The van der Waals surface area contributed by atoms with E-state index < -0.39 is 5.97 Å². The molecule has 3 aromatic rings. The molecule has 0 aliphatic heterocycles. The molecule has 0 aromatic heterocycles. The molecule has 1 amide bonds. The maximum atomic E-state index is 12.1. The molecule has 0 saturated heterocycles. The molecule has 0 radical (unpaired) electrons. The molecule has 0 fully saturated rings. The second kappa shape index (κ2) is 8.15. The van der Waals surface area contributed by atoms with Gasteiger partial charge in [-0.3, -0.25) is 4.79 Å². The second-order valence-electron chi connectivity index (χ2n) is 6.16. The molecule has 0 aliphatic rings. The minimum atomic E-state index is -1.08. The Labute approximate surface area is 157 Å². The molecule has 0 spiro atoms. The van der Waals surface area contributed by atoms with Gasteiger partial charge < -0.3 is 10.4 Å². The third-order valence-electron chi connectivity index (χ3n) is 4.14. The summed E-state index contributed by atoms with van der Waals surface area (Å²) in [4.78, 5) is 23.3. The van der Waals surface area contributed by atoms with Crippen LogP contribution in [0, 0.1) is 6.92 Å². The standard InChI is InChI=1S/C23H19NO3/c1-16-6-11-18(12-7-16)19-13-8-17(9-14-19)10-15-22(25)24-21-5-3-2-4-20(21)23(26)27/h2-15H,1H3,(H,24,25)(H,26,27)/b15-10+. The van der Waals surface area contributed by atoms with Crippen LogP contribution in [0.5, 0.6) is 0 Å². The van der Waals surface area contributed by atoms with Gasteiger partial charge in [0.1, 0.15) is 0 Å². The first-order chi connectivity index (χ1) is 13.0. The van der Waals surface area contributed by atoms with Crippen molar-refractivity contribution in [2.75, 3.05) is 5.32 Å². The number of aromatic carboxylic acids is 1. The summed E-state index contributed by atoms with van der Waals surface area (Å²) in [5, 5.41) is 11.8. The summed E-state index contributed by atoms with van der Waals surface area (Å²) < 4.78 is 0. The quantitative estimate of drug-likeness (QED) is 0.631. The monoisotopic (exact) mass is 357 g/mol. The lowest BCUT2D eigenvalue weighted by atomic mass is 10.0. The number of rotatable bonds is 5. The fraction of sp³-hybridized carbons (Fsp3) is 0.0435. The summed E-state index contributed by atoms with van der Waals surface area (Å²) in [7, 11) is 0. The second-order valence-corrected chi connectivity index (χ2v) is 6.16. The number of carboxylic acids is 1. The van der Waals surface area contributed by atoms with Crippen LogP contribution < -0.4 is 5.32 Å². The van der Waals surface area contributed by atoms with Gasteiger partial charge >= 0.3 is 5.97 Å². The van der Waals surface area contributed by atoms with Crippen molar-refractivity contribution < 1.29 is 14.7 Å². The van der Waals surface area contributed by atoms with E-state index in [1.54, 1.807) is 24.3 Å². The number of hydrogen-bond donors (Lipinski definition) is 2. The van der Waals surface area contributed by atoms with Crippen molar-refractivity contribution in [2.24, 2.45) is 0 Å². The first kappa shape index (κ1) is 18.1. The maximum Gasteiger partial charge on any atom is 0.337 e. The van der Waals surface area contributed by atoms with Crippen molar-refractivity contribution in [1.29, 1.82) is 0 Å². The van der Waals surface area contributed by atoms with Crippen LogP contribution in [0.1, 0.15) is 21.5 Å². The SMILES string of the molecule is Cc1ccc(-c2ccc(/C=C/C(=O)Nc3ccccc3C(=O)O)cc2)cc1. The normalized spacial score (nSPS) is 10.7. The Balaban J connectivity index is 1.68. The number of nitrogens with one attached hydrogen (secondary N) is 1. The Morgan fingerprint density at radius 2 is 1.44 bits per heavy atom. The first-order valence-electron chi connectivity index (χ1n) is 8.51. The zero-order chi connectivity index (χ0) is 19.2. The summed E-state index contributed by atoms with van der Waals surface area (Å²) in [5.41, 5.74) is 4.67. The number of benzene rings is 3. The van der Waals surface area contributed by atoms with Gasteiger partial charge in [0.05, 0.1) is 11.3 Å². The lowest BCUT2D eigenvalue weighted by Gasteiger charge is -2.06. The molecule has 134 valence electrons. The average molecular weight is 357 g/mol. The van der Waals surface area contributed by atoms with E-state index in [0.717, 1.165) is 16.7 Å². The molecule has 2 N–H and O–H groups in total. The summed E-state index contributed by atoms with van der Waals surface area (Å²) in [5.74, 6) is -1.46. The molecular formula is C23H19NO3. The number of carboxylic acid groups (broad SMARTS) is 1. The van der Waals surface area contributed by atoms with E-state index in [4.69, 9.17) is 5.11 Å². The summed E-state index contributed by atoms with van der Waals surface area (Å²) in [6, 6.07) is 22.5. The minimum absolute atomic E-state index is 0.0571. The van der Waals surface area contributed by atoms with E-state index in [0.29, 0.717) is 0 Å². The Hall–Kier alpha value is -3.66. The zero-order valence-corrected chi connectivity index (χ0v) is 14.8. The highest BCUT2D eigenvalue weighted by Crippen LogP contribution is 2.21. The topological polar surface area (TPSA) is 66.4 Å². The van der Waals surface area contributed by atoms with Gasteiger partial charge in [0.25, 0.3) is 0 Å². The number of carbonyl (C=O) groups excluding carboxylic acids is 1. The van der Waals surface area contributed by atoms with Crippen LogP contribution in [0.15, 0.2) is 78.9 Å². The van der Waals surface area contributed by atoms with Crippen molar-refractivity contribution in [1.82, 2.24) is 0 Å². The lowest BCUT2D eigenvalue weighted by molar-refractivity contribution is -0.111. The molecule has 4 nitrogen and oxygen atoms in total. The zero-order valence-electron chi connectivity index (χ0n) is 14.8. The first-order valence-corrected chi connectivity index (χ1v) is 8.51. The number of carbonyl (C=O) groups is 2. The lowest BCUT2D eigenvalue weighted by Crippen LogP contribution is -2.11. The Morgan fingerprint density at radius 3 is 2.07 bits per heavy atom. The molecule has 0 saturated carbocycles. The minimum Gasteiger partial charge on any atom is -0.478 e. The maximum absolute atomic E-state index is 12.1. The van der Waals surface area contributed by atoms with Crippen molar-refractivity contribution in [3.63, 3.8) is 0 Å². The van der Waals surface area contributed by atoms with Crippen LogP contribution in [-0.4, -0.2) is 17.0 Å². The predicted octanol–water partition coefficient (Wildman–Crippen LogP) is 5.01. The largest absolute Gasteiger partial charge is 0.478 e. The summed E-state index contributed by atoms with van der Waals surface area (Å²) in [6.07, 6.45) is 3.08. The van der Waals surface area contributed by atoms with Crippen LogP contribution in [0.2, 0.25) is 0 Å². The van der Waals surface area contributed by atoms with Gasteiger partial charge in [0, 0.05) is 6.08 Å². The van der Waals surface area contributed by atoms with Crippen molar-refractivity contribution in [2.45, 2.75) is 6.92 Å². The highest BCUT2D eigenvalue weighted by Gasteiger charge is 2.10. The van der Waals surface area contributed by atoms with E-state index in [-0.39, 0.29) is 17.2 Å². The van der Waals surface area contributed by atoms with Crippen molar-refractivity contribution >= 4 is 23.6 Å². The Bertz CT molecular complexity index is 987. The fourth-order valence-electron chi connectivity index (χ4n) is 2.66. The molecule has 3 aromatic carbocycles. The molecule has 27 heavy (non-hydrogen) atoms. The molecule has 0 atom stereocenters. The van der Waals surface area contributed by atoms with Gasteiger partial charge in [-0.25, -0.2) is 4.79 Å². The van der Waals surface area contributed by atoms with Crippen molar-refractivity contribution in [3.8, 4) is 11.1 Å². The third-order valence-corrected chi connectivity index (χ3v) is 4.14. The third kappa shape index (κ3) is 4.70. The van der Waals surface area contributed by atoms with Gasteiger partial charge in [-0.15, -0.1) is 0 Å². The van der Waals surface area contributed by atoms with Gasteiger partial charge in [0.15, 0.2) is 0 Å². The van der Waals surface area contributed by atoms with E-state index in [1.807, 2.05) is 24.3 Å². The predicted molar refractivity (Wildman–Crippen MR) is 108 cm³/mol. The molecule has 0 bridgehead atoms. The van der Waals surface area contributed by atoms with E-state index in [1.165, 1.54) is 17.7 Å². The van der Waals surface area contributed by atoms with Gasteiger partial charge in [-0.2, -0.15) is 0 Å². The number of para-hydroxylation sites is 1. The molecule has 0 aliphatic carbocycles. The number of aryl methyl sites for hydroxylation is 1. The molecule has 3 rings (SSSR count). The number of amides is 1. The Morgan fingerprint density at radius 1 is 0.852 bits per heavy atom. The molecule has 0 unspecified atom stereocenters. The molecule has 4 heteroatoms. The van der Waals surface area contributed by atoms with E-state index in [9.17, 15) is 9.59 Å². The summed E-state index contributed by atoms with van der Waals surface area (Å²) >= 11 is 0. The van der Waals surface area contributed by atoms with Gasteiger partial charge in [0.2, 0.25) is 5.91 Å². The number of hydrogen-bond acceptors (Lipinski definition) is 2. The van der Waals surface area contributed by atoms with Crippen LogP contribution in [0.25, 0.3) is 17.2 Å². The smallest absolute Gasteiger partial charge is 0.337 e. The van der Waals surface area contributed by atoms with Gasteiger partial charge in [-0.05, 0) is 41.8 Å². The van der Waals surface area contributed by atoms with Crippen LogP contribution in [0.3, 0.4) is 0 Å². The van der Waals surface area contributed by atoms with Crippen LogP contribution >= 0.6 is 0 Å². The van der Waals surface area contributed by atoms with Gasteiger partial charge in [-0.1, -0.05) is 66.2 Å². The van der Waals surface area contributed by atoms with Crippen LogP contribution in [0.4, 0.5) is 5.69 Å². The molecule has 0 heterocycles. The van der Waals surface area contributed by atoms with E-state index >= 15 is 0 Å². The number of anilines is 1. The van der Waals surface area contributed by atoms with Crippen LogP contribution in [-0.2, 0) is 4.79 Å². The molecular weight excluding hydrogens is 338 g/mol.